The molecule has 1 N–H and O–H groups in total. The Kier molecular flexibility index (Phi) is 3.19. The third-order valence-corrected chi connectivity index (χ3v) is 1.67. The molecule has 0 aromatic carbocycles. The van der Waals surface area contributed by atoms with E-state index in [1.165, 1.54) is 0 Å². The van der Waals surface area contributed by atoms with Crippen molar-refractivity contribution in [2.24, 2.45) is 0 Å². The van der Waals surface area contributed by atoms with Gasteiger partial charge in [-0.1, -0.05) is 22.7 Å². The van der Waals surface area contributed by atoms with Crippen molar-refractivity contribution in [1.82, 2.24) is 14.9 Å². The number of hydrogen-bond donors (Lipinski definition) is 1. The van der Waals surface area contributed by atoms with Crippen LogP contribution in [0, 0.1) is 0 Å². The number of halogens is 1. The van der Waals surface area contributed by atoms with E-state index in [0.29, 0.717) is 10.7 Å². The zero-order valence-electron chi connectivity index (χ0n) is 6.08. The van der Waals surface area contributed by atoms with Gasteiger partial charge in [0.05, 0.1) is 6.54 Å². The van der Waals surface area contributed by atoms with Crippen molar-refractivity contribution in [3.8, 4) is 0 Å². The molecular weight excluding hydrogens is 198 g/mol. The minimum absolute atomic E-state index is 0.248. The van der Waals surface area contributed by atoms with Crippen LogP contribution in [-0.2, 0) is 0 Å². The van der Waals surface area contributed by atoms with Gasteiger partial charge in [-0.2, -0.15) is 0 Å². The summed E-state index contributed by atoms with van der Waals surface area (Å²) < 4.78 is 3.55. The van der Waals surface area contributed by atoms with Gasteiger partial charge in [-0.05, 0) is 11.5 Å². The van der Waals surface area contributed by atoms with Crippen LogP contribution in [0.5, 0.6) is 0 Å². The minimum Gasteiger partial charge on any atom is -0.346 e. The fourth-order valence-corrected chi connectivity index (χ4v) is 1.03. The first-order chi connectivity index (χ1) is 5.70. The summed E-state index contributed by atoms with van der Waals surface area (Å²) in [4.78, 5) is 11.1. The zero-order chi connectivity index (χ0) is 8.97. The topological polar surface area (TPSA) is 54.9 Å². The van der Waals surface area contributed by atoms with Gasteiger partial charge in [0.1, 0.15) is 0 Å². The summed E-state index contributed by atoms with van der Waals surface area (Å²) in [5.74, 6) is -0.287. The van der Waals surface area contributed by atoms with Crippen molar-refractivity contribution < 1.29 is 4.79 Å². The third-order valence-electron chi connectivity index (χ3n) is 1.03. The largest absolute Gasteiger partial charge is 0.346 e. The number of carbonyl (C=O) groups excluding carboxylic acids is 1. The van der Waals surface area contributed by atoms with Crippen LogP contribution in [0.2, 0.25) is 0 Å². The number of aromatic nitrogens is 2. The van der Waals surface area contributed by atoms with Crippen LogP contribution in [0.25, 0.3) is 0 Å². The second kappa shape index (κ2) is 4.18. The normalized spacial score (nSPS) is 9.42. The summed E-state index contributed by atoms with van der Waals surface area (Å²) in [5, 5.41) is 8.04. The first kappa shape index (κ1) is 9.15. The van der Waals surface area contributed by atoms with Gasteiger partial charge < -0.3 is 5.32 Å². The molecule has 0 fully saturated rings. The van der Waals surface area contributed by atoms with Crippen molar-refractivity contribution >= 4 is 29.0 Å². The van der Waals surface area contributed by atoms with E-state index in [0.717, 1.165) is 11.5 Å². The lowest BCUT2D eigenvalue weighted by Gasteiger charge is -1.98. The predicted molar refractivity (Wildman–Crippen MR) is 47.2 cm³/mol. The van der Waals surface area contributed by atoms with E-state index in [1.807, 2.05) is 0 Å². The van der Waals surface area contributed by atoms with Crippen LogP contribution in [-0.4, -0.2) is 22.0 Å². The highest BCUT2D eigenvalue weighted by Crippen LogP contribution is 1.98. The lowest BCUT2D eigenvalue weighted by Crippen LogP contribution is -2.24. The summed E-state index contributed by atoms with van der Waals surface area (Å²) in [7, 11) is 0. The number of nitrogens with one attached hydrogen (secondary N) is 1. The molecular formula is C6H6ClN3OS. The summed E-state index contributed by atoms with van der Waals surface area (Å²) in [6, 6.07) is 0. The summed E-state index contributed by atoms with van der Waals surface area (Å²) in [6.07, 6.45) is 0. The van der Waals surface area contributed by atoms with E-state index in [4.69, 9.17) is 11.6 Å². The van der Waals surface area contributed by atoms with Crippen LogP contribution in [0.4, 0.5) is 0 Å². The lowest BCUT2D eigenvalue weighted by molar-refractivity contribution is 0.0952. The summed E-state index contributed by atoms with van der Waals surface area (Å²) in [5.41, 5.74) is 0.304. The maximum atomic E-state index is 11.1. The highest BCUT2D eigenvalue weighted by molar-refractivity contribution is 7.03. The number of rotatable bonds is 3. The average Bonchev–Trinajstić information content (AvgIpc) is 2.51. The first-order valence-corrected chi connectivity index (χ1v) is 4.30. The summed E-state index contributed by atoms with van der Waals surface area (Å²) in [6.45, 7) is 3.67. The molecule has 1 aromatic heterocycles. The van der Waals surface area contributed by atoms with E-state index in [1.54, 1.807) is 5.38 Å². The van der Waals surface area contributed by atoms with Crippen molar-refractivity contribution in [3.05, 3.63) is 22.7 Å². The number of carbonyl (C=O) groups is 1. The molecule has 0 spiro atoms. The van der Waals surface area contributed by atoms with Gasteiger partial charge >= 0.3 is 0 Å². The Morgan fingerprint density at radius 1 is 1.83 bits per heavy atom. The van der Waals surface area contributed by atoms with Crippen LogP contribution in [0.15, 0.2) is 17.0 Å². The van der Waals surface area contributed by atoms with E-state index >= 15 is 0 Å². The van der Waals surface area contributed by atoms with Gasteiger partial charge in [-0.15, -0.1) is 5.10 Å². The van der Waals surface area contributed by atoms with Gasteiger partial charge in [-0.3, -0.25) is 4.79 Å². The molecule has 1 amide bonds. The van der Waals surface area contributed by atoms with Crippen molar-refractivity contribution in [2.45, 2.75) is 0 Å². The molecule has 0 atom stereocenters. The van der Waals surface area contributed by atoms with Crippen LogP contribution >= 0.6 is 23.1 Å². The number of hydrogen-bond acceptors (Lipinski definition) is 4. The molecule has 0 aliphatic heterocycles. The molecule has 64 valence electrons. The molecule has 1 aromatic rings. The molecule has 0 radical (unpaired) electrons. The van der Waals surface area contributed by atoms with E-state index < -0.39 is 0 Å². The third kappa shape index (κ3) is 2.60. The van der Waals surface area contributed by atoms with Gasteiger partial charge in [0.25, 0.3) is 5.91 Å². The summed E-state index contributed by atoms with van der Waals surface area (Å²) >= 11 is 6.57. The Balaban J connectivity index is 2.45. The molecule has 0 saturated heterocycles. The Labute approximate surface area is 78.4 Å². The lowest BCUT2D eigenvalue weighted by atomic mass is 10.4. The second-order valence-corrected chi connectivity index (χ2v) is 3.13. The van der Waals surface area contributed by atoms with E-state index in [2.05, 4.69) is 21.5 Å². The van der Waals surface area contributed by atoms with Crippen molar-refractivity contribution in [2.75, 3.05) is 6.54 Å². The van der Waals surface area contributed by atoms with Crippen molar-refractivity contribution in [1.29, 1.82) is 0 Å². The standard InChI is InChI=1S/C6H6ClN3OS/c1-4(7)2-8-6(11)5-3-12-10-9-5/h3H,1-2H2,(H,8,11). The van der Waals surface area contributed by atoms with Crippen LogP contribution < -0.4 is 5.32 Å². The van der Waals surface area contributed by atoms with Crippen molar-refractivity contribution in [3.63, 3.8) is 0 Å². The Morgan fingerprint density at radius 3 is 3.08 bits per heavy atom. The Hall–Kier alpha value is -0.940. The van der Waals surface area contributed by atoms with Crippen LogP contribution in [0.3, 0.4) is 0 Å². The molecule has 4 nitrogen and oxygen atoms in total. The van der Waals surface area contributed by atoms with E-state index in [-0.39, 0.29) is 12.5 Å². The molecule has 0 unspecified atom stereocenters. The SMILES string of the molecule is C=C(Cl)CNC(=O)c1csnn1. The van der Waals surface area contributed by atoms with Gasteiger partial charge in [0, 0.05) is 10.4 Å². The quantitative estimate of drug-likeness (QED) is 0.798. The maximum Gasteiger partial charge on any atom is 0.273 e. The first-order valence-electron chi connectivity index (χ1n) is 3.08. The molecule has 0 aliphatic rings. The zero-order valence-corrected chi connectivity index (χ0v) is 7.65. The fraction of sp³-hybridized carbons (Fsp3) is 0.167. The van der Waals surface area contributed by atoms with Crippen LogP contribution in [0.1, 0.15) is 10.5 Å². The minimum atomic E-state index is -0.287. The molecule has 6 heteroatoms. The Morgan fingerprint density at radius 2 is 2.58 bits per heavy atom. The Bertz CT molecular complexity index is 285. The molecule has 0 aliphatic carbocycles. The number of amides is 1. The highest BCUT2D eigenvalue weighted by atomic mass is 35.5. The van der Waals surface area contributed by atoms with Gasteiger partial charge in [-0.25, -0.2) is 0 Å². The molecule has 0 bridgehead atoms. The highest BCUT2D eigenvalue weighted by Gasteiger charge is 2.06. The fourth-order valence-electron chi connectivity index (χ4n) is 0.530. The number of nitrogens with zero attached hydrogens (tertiary/aromatic N) is 2. The van der Waals surface area contributed by atoms with Gasteiger partial charge in [0.2, 0.25) is 0 Å². The van der Waals surface area contributed by atoms with E-state index in [9.17, 15) is 4.79 Å². The molecule has 0 saturated carbocycles. The second-order valence-electron chi connectivity index (χ2n) is 1.99. The average molecular weight is 204 g/mol. The smallest absolute Gasteiger partial charge is 0.273 e. The molecule has 1 rings (SSSR count). The van der Waals surface area contributed by atoms with Gasteiger partial charge in [0.15, 0.2) is 5.69 Å². The monoisotopic (exact) mass is 203 g/mol. The molecule has 12 heavy (non-hydrogen) atoms. The predicted octanol–water partition coefficient (Wildman–Crippen LogP) is 1.02. The maximum absolute atomic E-state index is 11.1. The molecule has 1 heterocycles.